The van der Waals surface area contributed by atoms with Crippen molar-refractivity contribution >= 4 is 11.6 Å². The lowest BCUT2D eigenvalue weighted by Crippen LogP contribution is -2.11. The zero-order valence-electron chi connectivity index (χ0n) is 10.6. The van der Waals surface area contributed by atoms with E-state index in [4.69, 9.17) is 21.9 Å². The highest BCUT2D eigenvalue weighted by atomic mass is 35.5. The van der Waals surface area contributed by atoms with Gasteiger partial charge in [-0.05, 0) is 18.6 Å². The van der Waals surface area contributed by atoms with Crippen LogP contribution in [0.15, 0.2) is 22.7 Å². The molecular weight excluding hydrogens is 269 g/mol. The molecule has 0 spiro atoms. The smallest absolute Gasteiger partial charge is 0.231 e. The molecular formula is C13H15ClFN3O. The Bertz CT molecular complexity index is 538. The molecule has 2 N–H and O–H groups in total. The molecule has 0 aliphatic heterocycles. The van der Waals surface area contributed by atoms with Crippen molar-refractivity contribution in [1.82, 2.24) is 10.1 Å². The third kappa shape index (κ3) is 3.30. The maximum Gasteiger partial charge on any atom is 0.231 e. The van der Waals surface area contributed by atoms with E-state index in [0.29, 0.717) is 22.3 Å². The highest BCUT2D eigenvalue weighted by Gasteiger charge is 2.16. The summed E-state index contributed by atoms with van der Waals surface area (Å²) in [5, 5.41) is 4.16. The summed E-state index contributed by atoms with van der Waals surface area (Å²) in [7, 11) is 0. The second-order valence-electron chi connectivity index (χ2n) is 4.32. The van der Waals surface area contributed by atoms with E-state index >= 15 is 0 Å². The van der Waals surface area contributed by atoms with Crippen LogP contribution in [0.25, 0.3) is 0 Å². The second kappa shape index (κ2) is 6.12. The number of nitrogens with two attached hydrogens (primary N) is 1. The third-order valence-electron chi connectivity index (χ3n) is 2.80. The van der Waals surface area contributed by atoms with Crippen molar-refractivity contribution < 1.29 is 8.91 Å². The molecule has 1 aromatic heterocycles. The number of nitrogens with zero attached hydrogens (tertiary/aromatic N) is 2. The van der Waals surface area contributed by atoms with Crippen LogP contribution in [0.4, 0.5) is 4.39 Å². The van der Waals surface area contributed by atoms with Gasteiger partial charge in [-0.2, -0.15) is 4.98 Å². The Hall–Kier alpha value is -1.46. The van der Waals surface area contributed by atoms with E-state index in [-0.39, 0.29) is 18.3 Å². The molecule has 2 aromatic rings. The number of rotatable bonds is 5. The fraction of sp³-hybridized carbons (Fsp3) is 0.385. The van der Waals surface area contributed by atoms with E-state index < -0.39 is 0 Å². The summed E-state index contributed by atoms with van der Waals surface area (Å²) < 4.78 is 18.7. The highest BCUT2D eigenvalue weighted by molar-refractivity contribution is 6.31. The molecule has 0 amide bonds. The molecule has 0 aliphatic carbocycles. The van der Waals surface area contributed by atoms with Gasteiger partial charge >= 0.3 is 0 Å². The van der Waals surface area contributed by atoms with Crippen molar-refractivity contribution in [1.29, 1.82) is 0 Å². The van der Waals surface area contributed by atoms with Gasteiger partial charge in [0.1, 0.15) is 5.82 Å². The molecule has 0 saturated carbocycles. The van der Waals surface area contributed by atoms with E-state index in [1.54, 1.807) is 12.1 Å². The monoisotopic (exact) mass is 283 g/mol. The Morgan fingerprint density at radius 1 is 1.47 bits per heavy atom. The predicted octanol–water partition coefficient (Wildman–Crippen LogP) is 3.25. The first kappa shape index (κ1) is 14.0. The summed E-state index contributed by atoms with van der Waals surface area (Å²) in [5.41, 5.74) is 6.24. The van der Waals surface area contributed by atoms with Crippen LogP contribution in [0, 0.1) is 5.82 Å². The summed E-state index contributed by atoms with van der Waals surface area (Å²) in [5.74, 6) is 0.378. The van der Waals surface area contributed by atoms with Crippen LogP contribution in [-0.4, -0.2) is 10.1 Å². The maximum absolute atomic E-state index is 13.6. The number of benzene rings is 1. The first-order valence-corrected chi connectivity index (χ1v) is 6.50. The molecule has 0 saturated heterocycles. The Labute approximate surface area is 115 Å². The molecule has 0 fully saturated rings. The van der Waals surface area contributed by atoms with Gasteiger partial charge in [0.05, 0.1) is 12.5 Å². The standard InChI is InChI=1S/C13H15ClFN3O/c1-2-4-11(16)13-17-12(19-18-13)7-8-9(14)5-3-6-10(8)15/h3,5-6,11H,2,4,7,16H2,1H3. The van der Waals surface area contributed by atoms with Crippen molar-refractivity contribution in [2.45, 2.75) is 32.2 Å². The Kier molecular flexibility index (Phi) is 4.50. The fourth-order valence-corrected chi connectivity index (χ4v) is 2.01. The lowest BCUT2D eigenvalue weighted by molar-refractivity contribution is 0.373. The zero-order chi connectivity index (χ0) is 13.8. The quantitative estimate of drug-likeness (QED) is 0.915. The summed E-state index contributed by atoms with van der Waals surface area (Å²) in [6.45, 7) is 2.03. The number of hydrogen-bond acceptors (Lipinski definition) is 4. The van der Waals surface area contributed by atoms with E-state index in [9.17, 15) is 4.39 Å². The molecule has 2 rings (SSSR count). The molecule has 1 atom stereocenters. The van der Waals surface area contributed by atoms with E-state index in [0.717, 1.165) is 12.8 Å². The van der Waals surface area contributed by atoms with E-state index in [2.05, 4.69) is 10.1 Å². The molecule has 1 unspecified atom stereocenters. The van der Waals surface area contributed by atoms with Gasteiger partial charge in [0.15, 0.2) is 5.82 Å². The van der Waals surface area contributed by atoms with Crippen molar-refractivity contribution in [2.24, 2.45) is 5.73 Å². The zero-order valence-corrected chi connectivity index (χ0v) is 11.3. The summed E-state index contributed by atoms with van der Waals surface area (Å²) in [6.07, 6.45) is 1.88. The lowest BCUT2D eigenvalue weighted by Gasteiger charge is -2.03. The van der Waals surface area contributed by atoms with Crippen molar-refractivity contribution in [3.05, 3.63) is 46.3 Å². The molecule has 19 heavy (non-hydrogen) atoms. The Balaban J connectivity index is 2.16. The van der Waals surface area contributed by atoms with Crippen LogP contribution in [0.5, 0.6) is 0 Å². The predicted molar refractivity (Wildman–Crippen MR) is 70.4 cm³/mol. The summed E-state index contributed by atoms with van der Waals surface area (Å²) >= 11 is 5.94. The van der Waals surface area contributed by atoms with Gasteiger partial charge in [-0.1, -0.05) is 36.2 Å². The van der Waals surface area contributed by atoms with Crippen LogP contribution < -0.4 is 5.73 Å². The second-order valence-corrected chi connectivity index (χ2v) is 4.73. The Morgan fingerprint density at radius 3 is 2.95 bits per heavy atom. The van der Waals surface area contributed by atoms with Crippen LogP contribution in [-0.2, 0) is 6.42 Å². The lowest BCUT2D eigenvalue weighted by atomic mass is 10.1. The maximum atomic E-state index is 13.6. The van der Waals surface area contributed by atoms with Crippen LogP contribution in [0.1, 0.15) is 43.1 Å². The summed E-state index contributed by atoms with van der Waals surface area (Å²) in [4.78, 5) is 4.18. The van der Waals surface area contributed by atoms with Crippen molar-refractivity contribution in [3.63, 3.8) is 0 Å². The van der Waals surface area contributed by atoms with Gasteiger partial charge in [0.25, 0.3) is 0 Å². The molecule has 6 heteroatoms. The van der Waals surface area contributed by atoms with Crippen LogP contribution in [0.3, 0.4) is 0 Å². The minimum absolute atomic E-state index is 0.164. The SMILES string of the molecule is CCCC(N)c1noc(Cc2c(F)cccc2Cl)n1. The number of halogens is 2. The number of aromatic nitrogens is 2. The molecule has 0 aliphatic rings. The molecule has 102 valence electrons. The first-order valence-electron chi connectivity index (χ1n) is 6.12. The average Bonchev–Trinajstić information content (AvgIpc) is 2.83. The fourth-order valence-electron chi connectivity index (χ4n) is 1.78. The normalized spacial score (nSPS) is 12.6. The van der Waals surface area contributed by atoms with Gasteiger partial charge in [0.2, 0.25) is 5.89 Å². The van der Waals surface area contributed by atoms with Crippen molar-refractivity contribution in [2.75, 3.05) is 0 Å². The summed E-state index contributed by atoms with van der Waals surface area (Å²) in [6, 6.07) is 4.28. The van der Waals surface area contributed by atoms with Crippen LogP contribution in [0.2, 0.25) is 5.02 Å². The Morgan fingerprint density at radius 2 is 2.26 bits per heavy atom. The topological polar surface area (TPSA) is 64.9 Å². The first-order chi connectivity index (χ1) is 9.11. The molecule has 1 heterocycles. The van der Waals surface area contributed by atoms with E-state index in [1.165, 1.54) is 6.07 Å². The highest BCUT2D eigenvalue weighted by Crippen LogP contribution is 2.22. The minimum atomic E-state index is -0.384. The van der Waals surface area contributed by atoms with Gasteiger partial charge in [-0.3, -0.25) is 0 Å². The average molecular weight is 284 g/mol. The third-order valence-corrected chi connectivity index (χ3v) is 3.16. The largest absolute Gasteiger partial charge is 0.339 e. The molecule has 4 nitrogen and oxygen atoms in total. The van der Waals surface area contributed by atoms with Gasteiger partial charge < -0.3 is 10.3 Å². The van der Waals surface area contributed by atoms with Crippen molar-refractivity contribution in [3.8, 4) is 0 Å². The number of hydrogen-bond donors (Lipinski definition) is 1. The molecule has 0 bridgehead atoms. The van der Waals surface area contributed by atoms with Gasteiger partial charge in [-0.25, -0.2) is 4.39 Å². The van der Waals surface area contributed by atoms with Gasteiger partial charge in [-0.15, -0.1) is 0 Å². The van der Waals surface area contributed by atoms with E-state index in [1.807, 2.05) is 6.92 Å². The van der Waals surface area contributed by atoms with Crippen LogP contribution >= 0.6 is 11.6 Å². The molecule has 1 aromatic carbocycles. The molecule has 0 radical (unpaired) electrons. The minimum Gasteiger partial charge on any atom is -0.339 e. The van der Waals surface area contributed by atoms with Gasteiger partial charge in [0, 0.05) is 10.6 Å².